The zero-order chi connectivity index (χ0) is 41.0. The van der Waals surface area contributed by atoms with Gasteiger partial charge in [0.2, 0.25) is 23.7 Å². The van der Waals surface area contributed by atoms with Gasteiger partial charge in [0.15, 0.2) is 0 Å². The Bertz CT molecular complexity index is 2470. The molecule has 16 heteroatoms. The average molecular weight is 793 g/mol. The number of hydrogen-bond acceptors (Lipinski definition) is 12. The zero-order valence-corrected chi connectivity index (χ0v) is 32.1. The Morgan fingerprint density at radius 2 is 1.68 bits per heavy atom. The smallest absolute Gasteiger partial charge is 0.264 e. The monoisotopic (exact) mass is 792 g/mol. The van der Waals surface area contributed by atoms with E-state index in [-0.39, 0.29) is 42.3 Å². The van der Waals surface area contributed by atoms with Gasteiger partial charge in [-0.2, -0.15) is 0 Å². The first-order valence-corrected chi connectivity index (χ1v) is 19.2. The molecule has 0 aliphatic carbocycles. The van der Waals surface area contributed by atoms with Crippen molar-refractivity contribution in [2.75, 3.05) is 48.7 Å². The highest BCUT2D eigenvalue weighted by Gasteiger charge is 2.45. The van der Waals surface area contributed by atoms with Gasteiger partial charge in [0.05, 0.1) is 23.4 Å². The van der Waals surface area contributed by atoms with E-state index in [0.29, 0.717) is 55.6 Å². The van der Waals surface area contributed by atoms with Crippen LogP contribution in [0.1, 0.15) is 55.0 Å². The van der Waals surface area contributed by atoms with Crippen LogP contribution in [-0.4, -0.2) is 104 Å². The number of fused-ring (bicyclic) bond motifs is 1. The standard InChI is InChI=1S/C43H40N10O6/c1-26-7-12-30(22-34(26)49-43-45-17-15-32(48-43)29-4-3-16-44-23-29)47-39(56)28-10-8-27(9-11-28)25-51-18-20-52(21-19-51)37(55)24-46-33-6-2-5-31-38(33)42(59)53(41(31)58)35-13-14-36(54)50-40(35)57/h2-12,15-17,22-23,35,46H,13-14,18-21,24-25H2,1H3,(H,47,56)(H,45,48,49)(H,50,54,57). The molecule has 6 amide bonds. The molecule has 2 aromatic heterocycles. The Balaban J connectivity index is 0.811. The van der Waals surface area contributed by atoms with Gasteiger partial charge in [0, 0.05) is 85.9 Å². The number of carbonyl (C=O) groups is 6. The van der Waals surface area contributed by atoms with Gasteiger partial charge >= 0.3 is 0 Å². The molecule has 3 aliphatic rings. The highest BCUT2D eigenvalue weighted by atomic mass is 16.2. The molecule has 16 nitrogen and oxygen atoms in total. The molecule has 3 aromatic carbocycles. The van der Waals surface area contributed by atoms with E-state index < -0.39 is 29.7 Å². The number of amides is 6. The second kappa shape index (κ2) is 16.6. The van der Waals surface area contributed by atoms with Gasteiger partial charge in [-0.25, -0.2) is 9.97 Å². The Hall–Kier alpha value is -7.33. The molecule has 2 saturated heterocycles. The van der Waals surface area contributed by atoms with Gasteiger partial charge in [-0.3, -0.25) is 48.9 Å². The lowest BCUT2D eigenvalue weighted by Gasteiger charge is -2.35. The number of carbonyl (C=O) groups excluding carboxylic acids is 6. The molecule has 59 heavy (non-hydrogen) atoms. The molecule has 0 radical (unpaired) electrons. The van der Waals surface area contributed by atoms with E-state index in [1.807, 2.05) is 55.5 Å². The van der Waals surface area contributed by atoms with Crippen LogP contribution >= 0.6 is 0 Å². The summed E-state index contributed by atoms with van der Waals surface area (Å²) in [6.07, 6.45) is 5.22. The minimum absolute atomic E-state index is 0.0277. The lowest BCUT2D eigenvalue weighted by atomic mass is 10.0. The number of anilines is 4. The maximum Gasteiger partial charge on any atom is 0.264 e. The molecular formula is C43H40N10O6. The summed E-state index contributed by atoms with van der Waals surface area (Å²) in [7, 11) is 0. The molecule has 5 aromatic rings. The Kier molecular flexibility index (Phi) is 10.9. The van der Waals surface area contributed by atoms with Gasteiger partial charge in [0.1, 0.15) is 6.04 Å². The topological polar surface area (TPSA) is 199 Å². The van der Waals surface area contributed by atoms with Crippen LogP contribution in [-0.2, 0) is 20.9 Å². The molecule has 0 bridgehead atoms. The number of imide groups is 2. The number of aryl methyl sites for hydroxylation is 1. The van der Waals surface area contributed by atoms with Crippen molar-refractivity contribution in [1.82, 2.24) is 35.0 Å². The van der Waals surface area contributed by atoms with Crippen LogP contribution in [0, 0.1) is 6.92 Å². The van der Waals surface area contributed by atoms with Crippen molar-refractivity contribution in [3.63, 3.8) is 0 Å². The normalized spacial score (nSPS) is 16.7. The number of benzene rings is 3. The average Bonchev–Trinajstić information content (AvgIpc) is 3.50. The van der Waals surface area contributed by atoms with Gasteiger partial charge in [0.25, 0.3) is 17.7 Å². The van der Waals surface area contributed by atoms with Crippen LogP contribution in [0.25, 0.3) is 11.3 Å². The minimum Gasteiger partial charge on any atom is -0.375 e. The van der Waals surface area contributed by atoms with Crippen LogP contribution < -0.4 is 21.3 Å². The van der Waals surface area contributed by atoms with E-state index in [0.717, 1.165) is 33.0 Å². The molecule has 0 spiro atoms. The van der Waals surface area contributed by atoms with Crippen LogP contribution in [0.3, 0.4) is 0 Å². The second-order valence-corrected chi connectivity index (χ2v) is 14.5. The van der Waals surface area contributed by atoms with Crippen LogP contribution in [0.2, 0.25) is 0 Å². The fourth-order valence-electron chi connectivity index (χ4n) is 7.37. The zero-order valence-electron chi connectivity index (χ0n) is 32.1. The number of nitrogens with zero attached hydrogens (tertiary/aromatic N) is 6. The summed E-state index contributed by atoms with van der Waals surface area (Å²) in [6.45, 7) is 4.81. The lowest BCUT2D eigenvalue weighted by molar-refractivity contribution is -0.136. The number of nitrogens with one attached hydrogen (secondary N) is 4. The second-order valence-electron chi connectivity index (χ2n) is 14.5. The van der Waals surface area contributed by atoms with Crippen molar-refractivity contribution >= 4 is 58.5 Å². The number of piperidine rings is 1. The third kappa shape index (κ3) is 8.38. The van der Waals surface area contributed by atoms with Gasteiger partial charge in [-0.1, -0.05) is 24.3 Å². The van der Waals surface area contributed by atoms with Crippen LogP contribution in [0.5, 0.6) is 0 Å². The highest BCUT2D eigenvalue weighted by molar-refractivity contribution is 6.25. The molecule has 3 aliphatic heterocycles. The number of rotatable bonds is 11. The van der Waals surface area contributed by atoms with E-state index in [9.17, 15) is 28.8 Å². The number of aromatic nitrogens is 3. The maximum atomic E-state index is 13.4. The first kappa shape index (κ1) is 38.5. The van der Waals surface area contributed by atoms with Crippen molar-refractivity contribution in [2.45, 2.75) is 32.4 Å². The first-order valence-electron chi connectivity index (χ1n) is 19.2. The largest absolute Gasteiger partial charge is 0.375 e. The summed E-state index contributed by atoms with van der Waals surface area (Å²) >= 11 is 0. The lowest BCUT2D eigenvalue weighted by Crippen LogP contribution is -2.54. The van der Waals surface area contributed by atoms with E-state index in [4.69, 9.17) is 0 Å². The van der Waals surface area contributed by atoms with E-state index in [1.54, 1.807) is 47.8 Å². The van der Waals surface area contributed by atoms with E-state index in [1.165, 1.54) is 6.07 Å². The first-order chi connectivity index (χ1) is 28.6. The Morgan fingerprint density at radius 1 is 0.864 bits per heavy atom. The fourth-order valence-corrected chi connectivity index (χ4v) is 7.37. The summed E-state index contributed by atoms with van der Waals surface area (Å²) in [5, 5.41) is 11.5. The summed E-state index contributed by atoms with van der Waals surface area (Å²) in [6, 6.07) is 22.3. The van der Waals surface area contributed by atoms with E-state index >= 15 is 0 Å². The van der Waals surface area contributed by atoms with Crippen molar-refractivity contribution < 1.29 is 28.8 Å². The van der Waals surface area contributed by atoms with Crippen LogP contribution in [0.4, 0.5) is 23.0 Å². The predicted molar refractivity (Wildman–Crippen MR) is 218 cm³/mol. The van der Waals surface area contributed by atoms with Gasteiger partial charge < -0.3 is 20.9 Å². The number of piperazine rings is 1. The molecule has 5 heterocycles. The summed E-state index contributed by atoms with van der Waals surface area (Å²) in [5.41, 5.74) is 6.06. The minimum atomic E-state index is -1.07. The van der Waals surface area contributed by atoms with Crippen molar-refractivity contribution in [3.8, 4) is 11.3 Å². The third-order valence-corrected chi connectivity index (χ3v) is 10.6. The maximum absolute atomic E-state index is 13.4. The molecule has 2 fully saturated rings. The van der Waals surface area contributed by atoms with Gasteiger partial charge in [-0.05, 0) is 79.1 Å². The summed E-state index contributed by atoms with van der Waals surface area (Å²) in [4.78, 5) is 95.1. The molecular weight excluding hydrogens is 753 g/mol. The SMILES string of the molecule is Cc1ccc(NC(=O)c2ccc(CN3CCN(C(=O)CNc4cccc5c4C(=O)N(C4CCC(=O)NC4=O)C5=O)CC3)cc2)cc1Nc1nccc(-c2cccnc2)n1. The summed E-state index contributed by atoms with van der Waals surface area (Å²) < 4.78 is 0. The van der Waals surface area contributed by atoms with Crippen molar-refractivity contribution in [2.24, 2.45) is 0 Å². The van der Waals surface area contributed by atoms with Crippen LogP contribution in [0.15, 0.2) is 97.5 Å². The molecule has 0 saturated carbocycles. The summed E-state index contributed by atoms with van der Waals surface area (Å²) in [5.74, 6) is -2.35. The van der Waals surface area contributed by atoms with Crippen molar-refractivity contribution in [1.29, 1.82) is 0 Å². The quantitative estimate of drug-likeness (QED) is 0.141. The third-order valence-electron chi connectivity index (χ3n) is 10.6. The molecule has 298 valence electrons. The van der Waals surface area contributed by atoms with Gasteiger partial charge in [-0.15, -0.1) is 0 Å². The Labute approximate surface area is 339 Å². The fraction of sp³-hybridized carbons (Fsp3) is 0.233. The molecule has 1 atom stereocenters. The number of pyridine rings is 1. The van der Waals surface area contributed by atoms with Crippen molar-refractivity contribution in [3.05, 3.63) is 125 Å². The predicted octanol–water partition coefficient (Wildman–Crippen LogP) is 4.00. The molecule has 1 unspecified atom stereocenters. The highest BCUT2D eigenvalue weighted by Crippen LogP contribution is 2.32. The Morgan fingerprint density at radius 3 is 2.44 bits per heavy atom. The number of hydrogen-bond donors (Lipinski definition) is 4. The van der Waals surface area contributed by atoms with E-state index in [2.05, 4.69) is 41.1 Å². The molecule has 4 N–H and O–H groups in total. The molecule has 8 rings (SSSR count).